The molecule has 1 aromatic rings. The highest BCUT2D eigenvalue weighted by Crippen LogP contribution is 2.30. The fourth-order valence-electron chi connectivity index (χ4n) is 3.17. The predicted molar refractivity (Wildman–Crippen MR) is 81.5 cm³/mol. The van der Waals surface area contributed by atoms with Crippen LogP contribution in [-0.2, 0) is 11.3 Å². The van der Waals surface area contributed by atoms with Crippen LogP contribution in [0.5, 0.6) is 0 Å². The van der Waals surface area contributed by atoms with Crippen LogP contribution in [0.25, 0.3) is 0 Å². The molecule has 126 valence electrons. The summed E-state index contributed by atoms with van der Waals surface area (Å²) in [6.07, 6.45) is 0.603. The zero-order valence-corrected chi connectivity index (χ0v) is 14.0. The van der Waals surface area contributed by atoms with Crippen molar-refractivity contribution >= 4 is 11.9 Å². The van der Waals surface area contributed by atoms with E-state index in [0.717, 1.165) is 0 Å². The topological polar surface area (TPSA) is 91.6 Å². The molecule has 1 N–H and O–H groups in total. The normalized spacial score (nSPS) is 25.4. The summed E-state index contributed by atoms with van der Waals surface area (Å²) in [5.74, 6) is 1.31. The molecule has 2 fully saturated rings. The van der Waals surface area contributed by atoms with Gasteiger partial charge in [0.2, 0.25) is 5.89 Å². The van der Waals surface area contributed by atoms with Gasteiger partial charge in [-0.3, -0.25) is 14.6 Å². The van der Waals surface area contributed by atoms with Crippen LogP contribution in [0.2, 0.25) is 0 Å². The third-order valence-corrected chi connectivity index (χ3v) is 4.42. The van der Waals surface area contributed by atoms with E-state index in [-0.39, 0.29) is 23.9 Å². The van der Waals surface area contributed by atoms with Gasteiger partial charge in [0, 0.05) is 25.0 Å². The smallest absolute Gasteiger partial charge is 0.325 e. The second kappa shape index (κ2) is 5.59. The number of rotatable bonds is 4. The molecule has 8 heteroatoms. The monoisotopic (exact) mass is 321 g/mol. The van der Waals surface area contributed by atoms with Gasteiger partial charge in [-0.05, 0) is 20.3 Å². The Hall–Kier alpha value is -1.96. The first-order valence-corrected chi connectivity index (χ1v) is 8.03. The molecule has 3 amide bonds. The molecule has 3 rings (SSSR count). The average Bonchev–Trinajstić information content (AvgIpc) is 3.12. The number of hydrogen-bond acceptors (Lipinski definition) is 6. The molecule has 23 heavy (non-hydrogen) atoms. The van der Waals surface area contributed by atoms with Gasteiger partial charge in [-0.25, -0.2) is 4.79 Å². The number of hydrogen-bond donors (Lipinski definition) is 1. The lowest BCUT2D eigenvalue weighted by Crippen LogP contribution is -2.49. The number of carbonyl (C=O) groups excluding carboxylic acids is 2. The van der Waals surface area contributed by atoms with Crippen molar-refractivity contribution in [3.05, 3.63) is 11.7 Å². The summed E-state index contributed by atoms with van der Waals surface area (Å²) in [5, 5.41) is 6.83. The van der Waals surface area contributed by atoms with Crippen LogP contribution in [0.15, 0.2) is 4.52 Å². The van der Waals surface area contributed by atoms with E-state index in [1.807, 2.05) is 27.7 Å². The Morgan fingerprint density at radius 3 is 2.61 bits per heavy atom. The SMILES string of the molecule is CC(C)c1noc(CN2CCC3(C2)NC(=O)N(C(C)C)C3=O)n1. The van der Waals surface area contributed by atoms with Gasteiger partial charge in [0.05, 0.1) is 6.54 Å². The average molecular weight is 321 g/mol. The summed E-state index contributed by atoms with van der Waals surface area (Å²) in [7, 11) is 0. The number of urea groups is 1. The Kier molecular flexibility index (Phi) is 3.87. The van der Waals surface area contributed by atoms with Gasteiger partial charge < -0.3 is 9.84 Å². The lowest BCUT2D eigenvalue weighted by molar-refractivity contribution is -0.132. The summed E-state index contributed by atoms with van der Waals surface area (Å²) in [6, 6.07) is -0.438. The van der Waals surface area contributed by atoms with E-state index in [1.165, 1.54) is 4.90 Å². The molecule has 8 nitrogen and oxygen atoms in total. The van der Waals surface area contributed by atoms with Crippen molar-refractivity contribution in [2.24, 2.45) is 0 Å². The number of amides is 3. The first kappa shape index (κ1) is 15.9. The zero-order valence-electron chi connectivity index (χ0n) is 14.0. The third kappa shape index (κ3) is 2.71. The fourth-order valence-corrected chi connectivity index (χ4v) is 3.17. The second-order valence-electron chi connectivity index (χ2n) is 6.94. The summed E-state index contributed by atoms with van der Waals surface area (Å²) in [6.45, 7) is 9.37. The minimum atomic E-state index is -0.803. The number of imide groups is 1. The van der Waals surface area contributed by atoms with E-state index in [2.05, 4.69) is 20.4 Å². The molecule has 0 saturated carbocycles. The van der Waals surface area contributed by atoms with Crippen LogP contribution in [0.1, 0.15) is 51.7 Å². The molecule has 1 aromatic heterocycles. The quantitative estimate of drug-likeness (QED) is 0.835. The minimum absolute atomic E-state index is 0.131. The molecule has 1 spiro atoms. The van der Waals surface area contributed by atoms with E-state index < -0.39 is 5.54 Å². The van der Waals surface area contributed by atoms with Gasteiger partial charge in [-0.2, -0.15) is 4.98 Å². The number of aromatic nitrogens is 2. The summed E-state index contributed by atoms with van der Waals surface area (Å²) < 4.78 is 5.26. The Morgan fingerprint density at radius 2 is 2.04 bits per heavy atom. The maximum absolute atomic E-state index is 12.6. The van der Waals surface area contributed by atoms with E-state index in [4.69, 9.17) is 4.52 Å². The standard InChI is InChI=1S/C15H23N5O3/c1-9(2)12-16-11(23-18-12)7-19-6-5-15(8-19)13(21)20(10(3)4)14(22)17-15/h9-10H,5-8H2,1-4H3,(H,17,22). The molecule has 1 atom stereocenters. The van der Waals surface area contributed by atoms with Crippen molar-refractivity contribution in [1.29, 1.82) is 0 Å². The Morgan fingerprint density at radius 1 is 1.30 bits per heavy atom. The van der Waals surface area contributed by atoms with Crippen LogP contribution in [0.3, 0.4) is 0 Å². The first-order chi connectivity index (χ1) is 10.8. The van der Waals surface area contributed by atoms with Crippen LogP contribution in [-0.4, -0.2) is 56.5 Å². The first-order valence-electron chi connectivity index (χ1n) is 8.03. The molecule has 2 aliphatic heterocycles. The molecule has 0 radical (unpaired) electrons. The van der Waals surface area contributed by atoms with E-state index in [0.29, 0.717) is 37.8 Å². The summed E-state index contributed by atoms with van der Waals surface area (Å²) in [5.41, 5.74) is -0.803. The maximum Gasteiger partial charge on any atom is 0.325 e. The van der Waals surface area contributed by atoms with Crippen LogP contribution >= 0.6 is 0 Å². The highest BCUT2D eigenvalue weighted by atomic mass is 16.5. The zero-order chi connectivity index (χ0) is 16.8. The number of carbonyl (C=O) groups is 2. The van der Waals surface area contributed by atoms with Crippen LogP contribution in [0, 0.1) is 0 Å². The van der Waals surface area contributed by atoms with Gasteiger partial charge >= 0.3 is 6.03 Å². The molecule has 0 aromatic carbocycles. The van der Waals surface area contributed by atoms with Crippen LogP contribution < -0.4 is 5.32 Å². The molecule has 2 aliphatic rings. The molecule has 1 unspecified atom stereocenters. The predicted octanol–water partition coefficient (Wildman–Crippen LogP) is 1.10. The van der Waals surface area contributed by atoms with Crippen molar-refractivity contribution in [3.8, 4) is 0 Å². The highest BCUT2D eigenvalue weighted by Gasteiger charge is 2.55. The van der Waals surface area contributed by atoms with Crippen molar-refractivity contribution in [3.63, 3.8) is 0 Å². The lowest BCUT2D eigenvalue weighted by atomic mass is 9.99. The van der Waals surface area contributed by atoms with Gasteiger partial charge in [-0.15, -0.1) is 0 Å². The molecule has 2 saturated heterocycles. The largest absolute Gasteiger partial charge is 0.338 e. The highest BCUT2D eigenvalue weighted by molar-refractivity contribution is 6.07. The van der Waals surface area contributed by atoms with Gasteiger partial charge in [0.25, 0.3) is 5.91 Å². The van der Waals surface area contributed by atoms with Gasteiger partial charge in [0.15, 0.2) is 5.82 Å². The third-order valence-electron chi connectivity index (χ3n) is 4.42. The molecule has 0 aliphatic carbocycles. The fraction of sp³-hybridized carbons (Fsp3) is 0.733. The number of nitrogens with one attached hydrogen (secondary N) is 1. The van der Waals surface area contributed by atoms with E-state index in [9.17, 15) is 9.59 Å². The second-order valence-corrected chi connectivity index (χ2v) is 6.94. The summed E-state index contributed by atoms with van der Waals surface area (Å²) >= 11 is 0. The Labute approximate surface area is 135 Å². The Bertz CT molecular complexity index is 626. The number of nitrogens with zero attached hydrogens (tertiary/aromatic N) is 4. The molecule has 3 heterocycles. The van der Waals surface area contributed by atoms with Gasteiger partial charge in [-0.1, -0.05) is 19.0 Å². The molecular weight excluding hydrogens is 298 g/mol. The van der Waals surface area contributed by atoms with Crippen molar-refractivity contribution < 1.29 is 14.1 Å². The van der Waals surface area contributed by atoms with Gasteiger partial charge in [0.1, 0.15) is 5.54 Å². The van der Waals surface area contributed by atoms with Crippen molar-refractivity contribution in [2.45, 2.75) is 58.2 Å². The molecule has 0 bridgehead atoms. The van der Waals surface area contributed by atoms with Crippen LogP contribution in [0.4, 0.5) is 4.79 Å². The number of likely N-dealkylation sites (tertiary alicyclic amines) is 1. The van der Waals surface area contributed by atoms with Crippen molar-refractivity contribution in [1.82, 2.24) is 25.3 Å². The van der Waals surface area contributed by atoms with E-state index >= 15 is 0 Å². The molecular formula is C15H23N5O3. The van der Waals surface area contributed by atoms with Crippen molar-refractivity contribution in [2.75, 3.05) is 13.1 Å². The maximum atomic E-state index is 12.6. The Balaban J connectivity index is 1.68. The van der Waals surface area contributed by atoms with E-state index in [1.54, 1.807) is 0 Å². The lowest BCUT2D eigenvalue weighted by Gasteiger charge is -2.22. The summed E-state index contributed by atoms with van der Waals surface area (Å²) in [4.78, 5) is 32.4. The minimum Gasteiger partial charge on any atom is -0.338 e.